The number of halogens is 1. The molecule has 8 heteroatoms. The highest BCUT2D eigenvalue weighted by Gasteiger charge is 2.28. The molecular formula is C12H12BrN3O4. The predicted octanol–water partition coefficient (Wildman–Crippen LogP) is 0.355. The molecule has 0 aromatic heterocycles. The first-order valence-corrected chi connectivity index (χ1v) is 6.52. The maximum atomic E-state index is 11.9. The molecule has 0 unspecified atom stereocenters. The van der Waals surface area contributed by atoms with Crippen molar-refractivity contribution < 1.29 is 19.1 Å². The maximum Gasteiger partial charge on any atom is 0.255 e. The van der Waals surface area contributed by atoms with Gasteiger partial charge in [0.05, 0.1) is 5.69 Å². The summed E-state index contributed by atoms with van der Waals surface area (Å²) in [5.74, 6) is -1.51. The topological polar surface area (TPSA) is 102 Å². The minimum absolute atomic E-state index is 0.190. The average molecular weight is 342 g/mol. The number of ether oxygens (including phenoxy) is 1. The second kappa shape index (κ2) is 6.02. The molecule has 0 radical (unpaired) electrons. The summed E-state index contributed by atoms with van der Waals surface area (Å²) < 4.78 is 5.38. The number of nitrogens with one attached hydrogen (secondary N) is 1. The number of nitrogens with zero attached hydrogens (tertiary/aromatic N) is 1. The molecule has 106 valence electrons. The molecule has 2 rings (SSSR count). The first-order chi connectivity index (χ1) is 9.47. The number of anilines is 2. The Bertz CT molecular complexity index is 560. The number of hydrogen-bond acceptors (Lipinski definition) is 5. The van der Waals surface area contributed by atoms with Crippen molar-refractivity contribution in [1.29, 1.82) is 0 Å². The molecule has 1 saturated heterocycles. The normalized spacial score (nSPS) is 15.3. The van der Waals surface area contributed by atoms with Gasteiger partial charge in [-0.2, -0.15) is 0 Å². The quantitative estimate of drug-likeness (QED) is 0.610. The lowest BCUT2D eigenvalue weighted by Gasteiger charge is -2.24. The fraction of sp³-hybridized carbons (Fsp3) is 0.250. The van der Waals surface area contributed by atoms with Crippen LogP contribution in [0, 0.1) is 0 Å². The SMILES string of the molecule is Nc1ccc(NC(=O)CN2C(=O)COCC2=O)c(Br)c1. The van der Waals surface area contributed by atoms with Gasteiger partial charge in [-0.3, -0.25) is 19.3 Å². The molecular weight excluding hydrogens is 330 g/mol. The summed E-state index contributed by atoms with van der Waals surface area (Å²) in [5, 5.41) is 2.60. The number of nitrogens with two attached hydrogens (primary N) is 1. The highest BCUT2D eigenvalue weighted by Crippen LogP contribution is 2.24. The smallest absolute Gasteiger partial charge is 0.255 e. The molecule has 1 aromatic carbocycles. The number of rotatable bonds is 3. The van der Waals surface area contributed by atoms with Crippen LogP contribution in [0.25, 0.3) is 0 Å². The van der Waals surface area contributed by atoms with E-state index in [4.69, 9.17) is 10.5 Å². The van der Waals surface area contributed by atoms with Gasteiger partial charge >= 0.3 is 0 Å². The lowest BCUT2D eigenvalue weighted by molar-refractivity contribution is -0.159. The maximum absolute atomic E-state index is 11.9. The molecule has 0 aliphatic carbocycles. The fourth-order valence-electron chi connectivity index (χ4n) is 1.66. The molecule has 3 amide bonds. The number of benzene rings is 1. The van der Waals surface area contributed by atoms with Gasteiger partial charge < -0.3 is 15.8 Å². The molecule has 1 aliphatic heterocycles. The van der Waals surface area contributed by atoms with Crippen molar-refractivity contribution in [3.8, 4) is 0 Å². The number of morpholine rings is 1. The zero-order valence-electron chi connectivity index (χ0n) is 10.4. The highest BCUT2D eigenvalue weighted by atomic mass is 79.9. The van der Waals surface area contributed by atoms with Gasteiger partial charge in [0.2, 0.25) is 5.91 Å². The molecule has 1 fully saturated rings. The van der Waals surface area contributed by atoms with E-state index in [1.165, 1.54) is 0 Å². The third-order valence-corrected chi connectivity index (χ3v) is 3.28. The van der Waals surface area contributed by atoms with Gasteiger partial charge in [0.15, 0.2) is 0 Å². The molecule has 0 atom stereocenters. The molecule has 20 heavy (non-hydrogen) atoms. The number of amides is 3. The number of nitrogen functional groups attached to an aromatic ring is 1. The van der Waals surface area contributed by atoms with Crippen LogP contribution < -0.4 is 11.1 Å². The molecule has 0 bridgehead atoms. The van der Waals surface area contributed by atoms with Gasteiger partial charge in [-0.1, -0.05) is 0 Å². The van der Waals surface area contributed by atoms with Gasteiger partial charge in [0, 0.05) is 10.2 Å². The Labute approximate surface area is 123 Å². The molecule has 0 saturated carbocycles. The Morgan fingerprint density at radius 2 is 2.00 bits per heavy atom. The van der Waals surface area contributed by atoms with Crippen molar-refractivity contribution >= 4 is 45.0 Å². The van der Waals surface area contributed by atoms with E-state index in [2.05, 4.69) is 21.2 Å². The van der Waals surface area contributed by atoms with E-state index in [1.54, 1.807) is 18.2 Å². The Morgan fingerprint density at radius 3 is 2.60 bits per heavy atom. The Hall–Kier alpha value is -1.93. The van der Waals surface area contributed by atoms with Crippen LogP contribution in [-0.2, 0) is 19.1 Å². The van der Waals surface area contributed by atoms with Crippen LogP contribution in [0.2, 0.25) is 0 Å². The van der Waals surface area contributed by atoms with Gasteiger partial charge in [-0.25, -0.2) is 0 Å². The van der Waals surface area contributed by atoms with E-state index in [9.17, 15) is 14.4 Å². The lowest BCUT2D eigenvalue weighted by Crippen LogP contribution is -2.49. The van der Waals surface area contributed by atoms with Crippen LogP contribution in [0.5, 0.6) is 0 Å². The van der Waals surface area contributed by atoms with Gasteiger partial charge in [-0.05, 0) is 34.1 Å². The number of carbonyl (C=O) groups excluding carboxylic acids is 3. The van der Waals surface area contributed by atoms with E-state index < -0.39 is 17.7 Å². The summed E-state index contributed by atoms with van der Waals surface area (Å²) in [6.07, 6.45) is 0. The minimum atomic E-state index is -0.521. The zero-order valence-corrected chi connectivity index (χ0v) is 12.0. The standard InChI is InChI=1S/C12H12BrN3O4/c13-8-3-7(14)1-2-9(8)15-10(17)4-16-11(18)5-20-6-12(16)19/h1-3H,4-6,14H2,(H,15,17). The molecule has 1 aromatic rings. The summed E-state index contributed by atoms with van der Waals surface area (Å²) in [6.45, 7) is -0.715. The third kappa shape index (κ3) is 3.34. The summed E-state index contributed by atoms with van der Waals surface area (Å²) in [5.41, 5.74) is 6.65. The molecule has 0 spiro atoms. The summed E-state index contributed by atoms with van der Waals surface area (Å²) in [7, 11) is 0. The predicted molar refractivity (Wildman–Crippen MR) is 74.7 cm³/mol. The van der Waals surface area contributed by atoms with Crippen LogP contribution in [0.15, 0.2) is 22.7 Å². The molecule has 1 aliphatic rings. The highest BCUT2D eigenvalue weighted by molar-refractivity contribution is 9.10. The average Bonchev–Trinajstić information content (AvgIpc) is 2.37. The van der Waals surface area contributed by atoms with Crippen LogP contribution in [-0.4, -0.2) is 42.4 Å². The first-order valence-electron chi connectivity index (χ1n) is 5.73. The molecule has 1 heterocycles. The van der Waals surface area contributed by atoms with E-state index in [0.29, 0.717) is 15.8 Å². The Kier molecular flexibility index (Phi) is 4.35. The van der Waals surface area contributed by atoms with Crippen LogP contribution in [0.3, 0.4) is 0 Å². The van der Waals surface area contributed by atoms with Crippen molar-refractivity contribution in [2.24, 2.45) is 0 Å². The van der Waals surface area contributed by atoms with Gasteiger partial charge in [0.1, 0.15) is 19.8 Å². The largest absolute Gasteiger partial charge is 0.399 e. The van der Waals surface area contributed by atoms with Crippen molar-refractivity contribution in [2.75, 3.05) is 30.8 Å². The lowest BCUT2D eigenvalue weighted by atomic mass is 10.3. The Balaban J connectivity index is 2.01. The summed E-state index contributed by atoms with van der Waals surface area (Å²) in [6, 6.07) is 4.90. The minimum Gasteiger partial charge on any atom is -0.399 e. The number of carbonyl (C=O) groups is 3. The van der Waals surface area contributed by atoms with Crippen molar-refractivity contribution in [1.82, 2.24) is 4.90 Å². The summed E-state index contributed by atoms with van der Waals surface area (Å²) >= 11 is 3.26. The fourth-order valence-corrected chi connectivity index (χ4v) is 2.16. The van der Waals surface area contributed by atoms with Gasteiger partial charge in [-0.15, -0.1) is 0 Å². The number of hydrogen-bond donors (Lipinski definition) is 2. The molecule has 7 nitrogen and oxygen atoms in total. The second-order valence-corrected chi connectivity index (χ2v) is 5.01. The van der Waals surface area contributed by atoms with Crippen LogP contribution >= 0.6 is 15.9 Å². The van der Waals surface area contributed by atoms with Crippen LogP contribution in [0.4, 0.5) is 11.4 Å². The van der Waals surface area contributed by atoms with E-state index in [-0.39, 0.29) is 19.8 Å². The van der Waals surface area contributed by atoms with Crippen molar-refractivity contribution in [3.05, 3.63) is 22.7 Å². The van der Waals surface area contributed by atoms with E-state index in [1.807, 2.05) is 0 Å². The monoisotopic (exact) mass is 341 g/mol. The summed E-state index contributed by atoms with van der Waals surface area (Å²) in [4.78, 5) is 35.7. The first kappa shape index (κ1) is 14.5. The van der Waals surface area contributed by atoms with E-state index in [0.717, 1.165) is 4.90 Å². The number of imide groups is 1. The van der Waals surface area contributed by atoms with Gasteiger partial charge in [0.25, 0.3) is 11.8 Å². The van der Waals surface area contributed by atoms with Crippen molar-refractivity contribution in [3.63, 3.8) is 0 Å². The second-order valence-electron chi connectivity index (χ2n) is 4.15. The zero-order chi connectivity index (χ0) is 14.7. The Morgan fingerprint density at radius 1 is 1.35 bits per heavy atom. The van der Waals surface area contributed by atoms with E-state index >= 15 is 0 Å². The van der Waals surface area contributed by atoms with Crippen molar-refractivity contribution in [2.45, 2.75) is 0 Å². The van der Waals surface area contributed by atoms with Crippen LogP contribution in [0.1, 0.15) is 0 Å². The molecule has 3 N–H and O–H groups in total. The third-order valence-electron chi connectivity index (χ3n) is 2.62.